The Morgan fingerprint density at radius 1 is 1.35 bits per heavy atom. The monoisotopic (exact) mass is 245 g/mol. The minimum Gasteiger partial charge on any atom is -0.366 e. The van der Waals surface area contributed by atoms with Crippen LogP contribution in [0.25, 0.3) is 10.2 Å². The first-order chi connectivity index (χ1) is 8.34. The summed E-state index contributed by atoms with van der Waals surface area (Å²) in [6, 6.07) is 0.514. The molecule has 0 bridgehead atoms. The van der Waals surface area contributed by atoms with Crippen LogP contribution in [0.3, 0.4) is 0 Å². The third-order valence-corrected chi connectivity index (χ3v) is 4.23. The summed E-state index contributed by atoms with van der Waals surface area (Å²) in [6.07, 6.45) is 9.60. The third-order valence-electron chi connectivity index (χ3n) is 3.14. The molecule has 0 aliphatic heterocycles. The number of rotatable bonds is 2. The number of hydrogen-bond donors (Lipinski definition) is 1. The molecule has 2 heterocycles. The average molecular weight is 245 g/mol. The Bertz CT molecular complexity index is 559. The topological polar surface area (TPSA) is 37.8 Å². The number of aryl methyl sites for hydroxylation is 1. The van der Waals surface area contributed by atoms with Crippen molar-refractivity contribution in [2.45, 2.75) is 32.2 Å². The summed E-state index contributed by atoms with van der Waals surface area (Å²) in [7, 11) is 0. The van der Waals surface area contributed by atoms with Gasteiger partial charge in [-0.15, -0.1) is 11.3 Å². The summed E-state index contributed by atoms with van der Waals surface area (Å²) in [5, 5.41) is 5.69. The Hall–Kier alpha value is -1.42. The largest absolute Gasteiger partial charge is 0.366 e. The van der Waals surface area contributed by atoms with E-state index in [4.69, 9.17) is 0 Å². The number of nitrogens with one attached hydrogen (secondary N) is 1. The van der Waals surface area contributed by atoms with E-state index < -0.39 is 0 Å². The van der Waals surface area contributed by atoms with Gasteiger partial charge in [-0.3, -0.25) is 0 Å². The van der Waals surface area contributed by atoms with Gasteiger partial charge in [0.1, 0.15) is 12.1 Å². The fourth-order valence-corrected chi connectivity index (χ4v) is 3.15. The van der Waals surface area contributed by atoms with E-state index in [1.807, 2.05) is 0 Å². The molecule has 88 valence electrons. The van der Waals surface area contributed by atoms with Crippen LogP contribution < -0.4 is 5.32 Å². The fourth-order valence-electron chi connectivity index (χ4n) is 2.19. The third kappa shape index (κ3) is 2.05. The first kappa shape index (κ1) is 10.7. The zero-order valence-corrected chi connectivity index (χ0v) is 10.6. The molecular weight excluding hydrogens is 230 g/mol. The first-order valence-electron chi connectivity index (χ1n) is 5.95. The van der Waals surface area contributed by atoms with Gasteiger partial charge >= 0.3 is 0 Å². The first-order valence-corrected chi connectivity index (χ1v) is 6.83. The van der Waals surface area contributed by atoms with E-state index in [-0.39, 0.29) is 0 Å². The highest BCUT2D eigenvalue weighted by molar-refractivity contribution is 7.18. The van der Waals surface area contributed by atoms with Gasteiger partial charge in [0.2, 0.25) is 0 Å². The molecule has 0 amide bonds. The molecule has 4 heteroatoms. The van der Waals surface area contributed by atoms with E-state index in [1.54, 1.807) is 17.7 Å². The number of aromatic nitrogens is 2. The number of hydrogen-bond acceptors (Lipinski definition) is 4. The molecule has 2 aromatic rings. The fraction of sp³-hybridized carbons (Fsp3) is 0.385. The zero-order chi connectivity index (χ0) is 11.7. The van der Waals surface area contributed by atoms with E-state index in [2.05, 4.69) is 39.7 Å². The van der Waals surface area contributed by atoms with E-state index in [9.17, 15) is 0 Å². The van der Waals surface area contributed by atoms with E-state index in [0.717, 1.165) is 24.2 Å². The van der Waals surface area contributed by atoms with E-state index >= 15 is 0 Å². The van der Waals surface area contributed by atoms with Crippen molar-refractivity contribution >= 4 is 27.4 Å². The van der Waals surface area contributed by atoms with Crippen LogP contribution in [0.4, 0.5) is 5.82 Å². The van der Waals surface area contributed by atoms with E-state index in [0.29, 0.717) is 6.04 Å². The molecule has 1 atom stereocenters. The summed E-state index contributed by atoms with van der Waals surface area (Å²) in [5.74, 6) is 0.994. The number of allylic oxidation sites excluding steroid dienone is 1. The average Bonchev–Trinajstić information content (AvgIpc) is 2.74. The highest BCUT2D eigenvalue weighted by Crippen LogP contribution is 2.29. The number of thiophene rings is 1. The second kappa shape index (κ2) is 4.45. The lowest BCUT2D eigenvalue weighted by Crippen LogP contribution is -2.20. The van der Waals surface area contributed by atoms with Crippen LogP contribution in [0.15, 0.2) is 23.9 Å². The maximum Gasteiger partial charge on any atom is 0.147 e. The number of nitrogens with zero attached hydrogens (tertiary/aromatic N) is 2. The van der Waals surface area contributed by atoms with Gasteiger partial charge in [-0.05, 0) is 37.1 Å². The lowest BCUT2D eigenvalue weighted by molar-refractivity contribution is 0.643. The SMILES string of the molecule is Cc1csc2c(NC3CC=CCC3)ncnc12. The van der Waals surface area contributed by atoms with Crippen molar-refractivity contribution in [2.24, 2.45) is 0 Å². The molecule has 2 aromatic heterocycles. The van der Waals surface area contributed by atoms with Crippen molar-refractivity contribution in [3.8, 4) is 0 Å². The van der Waals surface area contributed by atoms with Crippen LogP contribution >= 0.6 is 11.3 Å². The Kier molecular flexibility index (Phi) is 2.81. The van der Waals surface area contributed by atoms with Gasteiger partial charge in [0.05, 0.1) is 10.2 Å². The highest BCUT2D eigenvalue weighted by atomic mass is 32.1. The molecule has 0 saturated carbocycles. The molecular formula is C13H15N3S. The molecule has 0 aromatic carbocycles. The van der Waals surface area contributed by atoms with Crippen LogP contribution in [0.2, 0.25) is 0 Å². The van der Waals surface area contributed by atoms with Crippen molar-refractivity contribution in [3.63, 3.8) is 0 Å². The van der Waals surface area contributed by atoms with Gasteiger partial charge in [-0.2, -0.15) is 0 Å². The molecule has 0 fully saturated rings. The molecule has 3 rings (SSSR count). The molecule has 17 heavy (non-hydrogen) atoms. The second-order valence-electron chi connectivity index (χ2n) is 4.44. The Balaban J connectivity index is 1.92. The zero-order valence-electron chi connectivity index (χ0n) is 9.81. The Morgan fingerprint density at radius 3 is 3.12 bits per heavy atom. The van der Waals surface area contributed by atoms with Crippen LogP contribution in [-0.4, -0.2) is 16.0 Å². The standard InChI is InChI=1S/C13H15N3S/c1-9-7-17-12-11(9)14-8-15-13(12)16-10-5-3-2-4-6-10/h2-3,7-8,10H,4-6H2,1H3,(H,14,15,16). The minimum atomic E-state index is 0.514. The smallest absolute Gasteiger partial charge is 0.147 e. The molecule has 1 unspecified atom stereocenters. The summed E-state index contributed by atoms with van der Waals surface area (Å²) in [5.41, 5.74) is 2.32. The number of anilines is 1. The predicted molar refractivity (Wildman–Crippen MR) is 72.6 cm³/mol. The van der Waals surface area contributed by atoms with Gasteiger partial charge in [0.15, 0.2) is 0 Å². The summed E-state index contributed by atoms with van der Waals surface area (Å²) in [6.45, 7) is 2.10. The molecule has 3 nitrogen and oxygen atoms in total. The van der Waals surface area contributed by atoms with Gasteiger partial charge in [0, 0.05) is 6.04 Å². The summed E-state index contributed by atoms with van der Waals surface area (Å²) < 4.78 is 1.18. The maximum atomic E-state index is 4.38. The summed E-state index contributed by atoms with van der Waals surface area (Å²) >= 11 is 1.72. The molecule has 1 aliphatic rings. The van der Waals surface area contributed by atoms with Crippen LogP contribution in [0.1, 0.15) is 24.8 Å². The Morgan fingerprint density at radius 2 is 2.29 bits per heavy atom. The lowest BCUT2D eigenvalue weighted by atomic mass is 10.0. The molecule has 1 aliphatic carbocycles. The Labute approximate surface area is 105 Å². The normalized spacial score (nSPS) is 19.7. The minimum absolute atomic E-state index is 0.514. The molecule has 0 spiro atoms. The van der Waals surface area contributed by atoms with Gasteiger partial charge in [-0.25, -0.2) is 9.97 Å². The van der Waals surface area contributed by atoms with Gasteiger partial charge in [0.25, 0.3) is 0 Å². The van der Waals surface area contributed by atoms with Crippen molar-refractivity contribution < 1.29 is 0 Å². The van der Waals surface area contributed by atoms with Crippen LogP contribution in [0, 0.1) is 6.92 Å². The van der Waals surface area contributed by atoms with Crippen LogP contribution in [0.5, 0.6) is 0 Å². The van der Waals surface area contributed by atoms with Gasteiger partial charge in [-0.1, -0.05) is 12.2 Å². The van der Waals surface area contributed by atoms with Crippen LogP contribution in [-0.2, 0) is 0 Å². The predicted octanol–water partition coefficient (Wildman–Crippen LogP) is 3.52. The van der Waals surface area contributed by atoms with Crippen molar-refractivity contribution in [2.75, 3.05) is 5.32 Å². The maximum absolute atomic E-state index is 4.38. The quantitative estimate of drug-likeness (QED) is 0.823. The van der Waals surface area contributed by atoms with Crippen molar-refractivity contribution in [3.05, 3.63) is 29.4 Å². The number of fused-ring (bicyclic) bond motifs is 1. The molecule has 0 radical (unpaired) electrons. The lowest BCUT2D eigenvalue weighted by Gasteiger charge is -2.20. The van der Waals surface area contributed by atoms with Crippen molar-refractivity contribution in [1.82, 2.24) is 9.97 Å². The molecule has 0 saturated heterocycles. The summed E-state index contributed by atoms with van der Waals surface area (Å²) in [4.78, 5) is 8.72. The second-order valence-corrected chi connectivity index (χ2v) is 5.32. The van der Waals surface area contributed by atoms with Crippen molar-refractivity contribution in [1.29, 1.82) is 0 Å². The molecule has 1 N–H and O–H groups in total. The highest BCUT2D eigenvalue weighted by Gasteiger charge is 2.13. The van der Waals surface area contributed by atoms with E-state index in [1.165, 1.54) is 16.7 Å². The van der Waals surface area contributed by atoms with Gasteiger partial charge < -0.3 is 5.32 Å².